The van der Waals surface area contributed by atoms with Crippen LogP contribution in [0.15, 0.2) is 30.3 Å². The van der Waals surface area contributed by atoms with Crippen molar-refractivity contribution in [1.82, 2.24) is 5.32 Å². The number of ether oxygens (including phenoxy) is 1. The summed E-state index contributed by atoms with van der Waals surface area (Å²) in [5, 5.41) is 11.1. The fourth-order valence-electron chi connectivity index (χ4n) is 1.52. The SMILES string of the molecule is CC(C)(C)OC(=O)N[C@@H](C(=O)O)C(F)c1ccccc1. The Kier molecular flexibility index (Phi) is 5.07. The van der Waals surface area contributed by atoms with E-state index in [4.69, 9.17) is 9.84 Å². The first kappa shape index (κ1) is 15.9. The summed E-state index contributed by atoms with van der Waals surface area (Å²) in [6, 6.07) is 6.08. The summed E-state index contributed by atoms with van der Waals surface area (Å²) in [6.07, 6.45) is -2.83. The number of carbonyl (C=O) groups excluding carboxylic acids is 1. The summed E-state index contributed by atoms with van der Waals surface area (Å²) in [5.41, 5.74) is -0.609. The number of carbonyl (C=O) groups is 2. The smallest absolute Gasteiger partial charge is 0.408 e. The van der Waals surface area contributed by atoms with Crippen LogP contribution in [0.5, 0.6) is 0 Å². The van der Waals surface area contributed by atoms with Crippen molar-refractivity contribution in [1.29, 1.82) is 0 Å². The zero-order chi connectivity index (χ0) is 15.3. The number of rotatable bonds is 4. The van der Waals surface area contributed by atoms with Gasteiger partial charge in [-0.25, -0.2) is 14.0 Å². The number of alkyl carbamates (subject to hydrolysis) is 1. The Labute approximate surface area is 116 Å². The number of aliphatic carboxylic acids is 1. The Balaban J connectivity index is 2.80. The van der Waals surface area contributed by atoms with E-state index < -0.39 is 29.9 Å². The van der Waals surface area contributed by atoms with Gasteiger partial charge in [-0.05, 0) is 26.3 Å². The Morgan fingerprint density at radius 3 is 2.25 bits per heavy atom. The molecule has 0 heterocycles. The van der Waals surface area contributed by atoms with Gasteiger partial charge in [0.15, 0.2) is 12.2 Å². The number of benzene rings is 1. The standard InChI is InChI=1S/C14H18FNO4/c1-14(2,3)20-13(19)16-11(12(17)18)10(15)9-7-5-4-6-8-9/h4-8,10-11H,1-3H3,(H,16,19)(H,17,18)/t10?,11-/m1/s1. The molecule has 0 radical (unpaired) electrons. The van der Waals surface area contributed by atoms with E-state index in [-0.39, 0.29) is 5.56 Å². The van der Waals surface area contributed by atoms with Crippen molar-refractivity contribution in [3.05, 3.63) is 35.9 Å². The molecule has 0 spiro atoms. The Morgan fingerprint density at radius 2 is 1.80 bits per heavy atom. The van der Waals surface area contributed by atoms with Gasteiger partial charge in [-0.1, -0.05) is 30.3 Å². The molecule has 0 aliphatic heterocycles. The third kappa shape index (κ3) is 4.87. The van der Waals surface area contributed by atoms with Crippen LogP contribution in [0.1, 0.15) is 32.5 Å². The Hall–Kier alpha value is -2.11. The quantitative estimate of drug-likeness (QED) is 0.890. The van der Waals surface area contributed by atoms with Gasteiger partial charge in [0.2, 0.25) is 0 Å². The van der Waals surface area contributed by atoms with E-state index in [1.807, 2.05) is 5.32 Å². The molecule has 5 nitrogen and oxygen atoms in total. The Bertz CT molecular complexity index is 470. The summed E-state index contributed by atoms with van der Waals surface area (Å²) in [4.78, 5) is 22.7. The van der Waals surface area contributed by atoms with Gasteiger partial charge >= 0.3 is 12.1 Å². The minimum Gasteiger partial charge on any atom is -0.480 e. The summed E-state index contributed by atoms with van der Waals surface area (Å²) in [6.45, 7) is 4.89. The van der Waals surface area contributed by atoms with Gasteiger partial charge in [0, 0.05) is 0 Å². The van der Waals surface area contributed by atoms with Crippen LogP contribution in [0, 0.1) is 0 Å². The second-order valence-corrected chi connectivity index (χ2v) is 5.27. The van der Waals surface area contributed by atoms with E-state index in [0.29, 0.717) is 0 Å². The molecule has 1 amide bonds. The molecule has 2 atom stereocenters. The highest BCUT2D eigenvalue weighted by atomic mass is 19.1. The molecule has 0 saturated heterocycles. The molecule has 110 valence electrons. The fraction of sp³-hybridized carbons (Fsp3) is 0.429. The third-order valence-electron chi connectivity index (χ3n) is 2.35. The minimum atomic E-state index is -1.86. The molecule has 1 aromatic carbocycles. The van der Waals surface area contributed by atoms with E-state index in [1.54, 1.807) is 39.0 Å². The monoisotopic (exact) mass is 283 g/mol. The highest BCUT2D eigenvalue weighted by molar-refractivity contribution is 5.80. The zero-order valence-electron chi connectivity index (χ0n) is 11.6. The predicted molar refractivity (Wildman–Crippen MR) is 71.1 cm³/mol. The maximum atomic E-state index is 14.2. The molecule has 2 N–H and O–H groups in total. The highest BCUT2D eigenvalue weighted by Crippen LogP contribution is 2.21. The minimum absolute atomic E-state index is 0.177. The summed E-state index contributed by atoms with van der Waals surface area (Å²) in [5.74, 6) is -1.47. The van der Waals surface area contributed by atoms with Crippen LogP contribution in [0.2, 0.25) is 0 Å². The van der Waals surface area contributed by atoms with Crippen LogP contribution in [0.4, 0.5) is 9.18 Å². The molecule has 1 unspecified atom stereocenters. The van der Waals surface area contributed by atoms with Crippen LogP contribution in [-0.4, -0.2) is 28.8 Å². The van der Waals surface area contributed by atoms with Crippen LogP contribution in [-0.2, 0) is 9.53 Å². The second-order valence-electron chi connectivity index (χ2n) is 5.27. The predicted octanol–water partition coefficient (Wildman–Crippen LogP) is 2.68. The first-order valence-corrected chi connectivity index (χ1v) is 6.12. The van der Waals surface area contributed by atoms with Crippen LogP contribution in [0.25, 0.3) is 0 Å². The lowest BCUT2D eigenvalue weighted by molar-refractivity contribution is -0.141. The molecular formula is C14H18FNO4. The molecule has 0 bridgehead atoms. The van der Waals surface area contributed by atoms with Crippen LogP contribution >= 0.6 is 0 Å². The van der Waals surface area contributed by atoms with Crippen molar-refractivity contribution >= 4 is 12.1 Å². The van der Waals surface area contributed by atoms with Gasteiger partial charge < -0.3 is 15.2 Å². The molecule has 1 aromatic rings. The van der Waals surface area contributed by atoms with Crippen molar-refractivity contribution in [2.24, 2.45) is 0 Å². The normalized spacial score (nSPS) is 14.2. The molecular weight excluding hydrogens is 265 g/mol. The second kappa shape index (κ2) is 6.36. The number of hydrogen-bond acceptors (Lipinski definition) is 3. The summed E-state index contributed by atoms with van der Waals surface area (Å²) >= 11 is 0. The van der Waals surface area contributed by atoms with E-state index >= 15 is 0 Å². The lowest BCUT2D eigenvalue weighted by Crippen LogP contribution is -2.45. The number of amides is 1. The van der Waals surface area contributed by atoms with E-state index in [9.17, 15) is 14.0 Å². The average Bonchev–Trinajstić information content (AvgIpc) is 2.34. The van der Waals surface area contributed by atoms with Gasteiger partial charge in [0.25, 0.3) is 0 Å². The van der Waals surface area contributed by atoms with E-state index in [1.165, 1.54) is 12.1 Å². The van der Waals surface area contributed by atoms with Crippen molar-refractivity contribution in [3.63, 3.8) is 0 Å². The first-order valence-electron chi connectivity index (χ1n) is 6.12. The molecule has 0 aromatic heterocycles. The lowest BCUT2D eigenvalue weighted by Gasteiger charge is -2.23. The highest BCUT2D eigenvalue weighted by Gasteiger charge is 2.32. The summed E-state index contributed by atoms with van der Waals surface area (Å²) < 4.78 is 19.1. The van der Waals surface area contributed by atoms with Gasteiger partial charge in [-0.3, -0.25) is 0 Å². The van der Waals surface area contributed by atoms with Crippen molar-refractivity contribution in [3.8, 4) is 0 Å². The van der Waals surface area contributed by atoms with Gasteiger partial charge in [-0.2, -0.15) is 0 Å². The third-order valence-corrected chi connectivity index (χ3v) is 2.35. The number of carboxylic acid groups (broad SMARTS) is 1. The fourth-order valence-corrected chi connectivity index (χ4v) is 1.52. The van der Waals surface area contributed by atoms with Crippen molar-refractivity contribution in [2.75, 3.05) is 0 Å². The number of halogens is 1. The average molecular weight is 283 g/mol. The van der Waals surface area contributed by atoms with E-state index in [0.717, 1.165) is 0 Å². The van der Waals surface area contributed by atoms with Crippen LogP contribution in [0.3, 0.4) is 0 Å². The molecule has 20 heavy (non-hydrogen) atoms. The molecule has 1 rings (SSSR count). The number of nitrogens with one attached hydrogen (secondary N) is 1. The molecule has 0 fully saturated rings. The van der Waals surface area contributed by atoms with Gasteiger partial charge in [0.05, 0.1) is 0 Å². The maximum absolute atomic E-state index is 14.2. The summed E-state index contributed by atoms with van der Waals surface area (Å²) in [7, 11) is 0. The largest absolute Gasteiger partial charge is 0.480 e. The molecule has 0 saturated carbocycles. The molecule has 6 heteroatoms. The van der Waals surface area contributed by atoms with Crippen molar-refractivity contribution in [2.45, 2.75) is 38.6 Å². The molecule has 0 aliphatic rings. The Morgan fingerprint density at radius 1 is 1.25 bits per heavy atom. The first-order chi connectivity index (χ1) is 9.20. The topological polar surface area (TPSA) is 75.6 Å². The van der Waals surface area contributed by atoms with Crippen LogP contribution < -0.4 is 5.32 Å². The lowest BCUT2D eigenvalue weighted by atomic mass is 10.0. The maximum Gasteiger partial charge on any atom is 0.408 e. The van der Waals surface area contributed by atoms with Gasteiger partial charge in [0.1, 0.15) is 5.60 Å². The molecule has 0 aliphatic carbocycles. The number of alkyl halides is 1. The van der Waals surface area contributed by atoms with Gasteiger partial charge in [-0.15, -0.1) is 0 Å². The number of hydrogen-bond donors (Lipinski definition) is 2. The number of carboxylic acids is 1. The zero-order valence-corrected chi connectivity index (χ0v) is 11.6. The van der Waals surface area contributed by atoms with E-state index in [2.05, 4.69) is 0 Å². The van der Waals surface area contributed by atoms with Crippen molar-refractivity contribution < 1.29 is 23.8 Å².